The zero-order valence-corrected chi connectivity index (χ0v) is 12.9. The van der Waals surface area contributed by atoms with E-state index >= 15 is 0 Å². The Balaban J connectivity index is 2.06. The van der Waals surface area contributed by atoms with Crippen LogP contribution in [0.3, 0.4) is 0 Å². The molecule has 1 heterocycles. The Morgan fingerprint density at radius 1 is 1.42 bits per heavy atom. The first-order chi connectivity index (χ1) is 9.10. The molecule has 2 aromatic rings. The molecule has 0 aliphatic heterocycles. The lowest BCUT2D eigenvalue weighted by Gasteiger charge is -2.13. The second-order valence-corrected chi connectivity index (χ2v) is 5.89. The van der Waals surface area contributed by atoms with E-state index in [4.69, 9.17) is 0 Å². The monoisotopic (exact) mass is 340 g/mol. The predicted molar refractivity (Wildman–Crippen MR) is 79.6 cm³/mol. The molecule has 0 spiro atoms. The molecule has 0 aliphatic rings. The van der Waals surface area contributed by atoms with Crippen molar-refractivity contribution >= 4 is 38.4 Å². The average Bonchev–Trinajstić information content (AvgIpc) is 2.87. The second kappa shape index (κ2) is 6.16. The summed E-state index contributed by atoms with van der Waals surface area (Å²) in [4.78, 5) is 16.0. The van der Waals surface area contributed by atoms with Gasteiger partial charge in [0.15, 0.2) is 5.13 Å². The summed E-state index contributed by atoms with van der Waals surface area (Å²) in [6.45, 7) is 2.04. The van der Waals surface area contributed by atoms with Gasteiger partial charge >= 0.3 is 5.97 Å². The third-order valence-electron chi connectivity index (χ3n) is 2.60. The van der Waals surface area contributed by atoms with Gasteiger partial charge in [0.1, 0.15) is 4.88 Å². The first-order valence-electron chi connectivity index (χ1n) is 5.66. The number of thiazole rings is 1. The van der Waals surface area contributed by atoms with Gasteiger partial charge in [-0.25, -0.2) is 9.78 Å². The molecule has 0 radical (unpaired) electrons. The van der Waals surface area contributed by atoms with E-state index in [1.165, 1.54) is 24.6 Å². The molecule has 100 valence electrons. The first-order valence-corrected chi connectivity index (χ1v) is 7.27. The van der Waals surface area contributed by atoms with Crippen LogP contribution in [-0.4, -0.2) is 18.1 Å². The number of hydrogen-bond donors (Lipinski definition) is 1. The minimum atomic E-state index is -0.359. The second-order valence-electron chi connectivity index (χ2n) is 3.94. The van der Waals surface area contributed by atoms with E-state index in [0.717, 1.165) is 10.0 Å². The third-order valence-corrected chi connectivity index (χ3v) is 4.04. The van der Waals surface area contributed by atoms with Gasteiger partial charge < -0.3 is 10.1 Å². The number of hydrogen-bond acceptors (Lipinski definition) is 5. The van der Waals surface area contributed by atoms with Gasteiger partial charge in [-0.15, -0.1) is 0 Å². The molecule has 0 amide bonds. The highest BCUT2D eigenvalue weighted by molar-refractivity contribution is 9.10. The zero-order valence-electron chi connectivity index (χ0n) is 10.5. The number of esters is 1. The van der Waals surface area contributed by atoms with Gasteiger partial charge in [0.05, 0.1) is 19.3 Å². The van der Waals surface area contributed by atoms with E-state index in [0.29, 0.717) is 10.0 Å². The maximum Gasteiger partial charge on any atom is 0.349 e. The van der Waals surface area contributed by atoms with Crippen LogP contribution in [0.4, 0.5) is 5.13 Å². The van der Waals surface area contributed by atoms with Crippen LogP contribution in [0, 0.1) is 0 Å². The zero-order chi connectivity index (χ0) is 13.8. The molecule has 0 saturated heterocycles. The number of ether oxygens (including phenoxy) is 1. The Bertz CT molecular complexity index is 568. The van der Waals surface area contributed by atoms with Crippen LogP contribution in [0.15, 0.2) is 34.9 Å². The number of nitrogens with one attached hydrogen (secondary N) is 1. The first kappa shape index (κ1) is 14.0. The highest BCUT2D eigenvalue weighted by Gasteiger charge is 2.12. The summed E-state index contributed by atoms with van der Waals surface area (Å²) in [5.41, 5.74) is 1.15. The number of halogens is 1. The standard InChI is InChI=1S/C13H13BrN2O2S/c1-8(9-3-5-10(14)6-4-9)16-13-15-7-11(19-13)12(17)18-2/h3-8H,1-2H3,(H,15,16). The molecule has 1 N–H and O–H groups in total. The maximum atomic E-state index is 11.3. The number of rotatable bonds is 4. The minimum Gasteiger partial charge on any atom is -0.465 e. The van der Waals surface area contributed by atoms with Crippen molar-refractivity contribution in [2.24, 2.45) is 0 Å². The Morgan fingerprint density at radius 2 is 2.11 bits per heavy atom. The van der Waals surface area contributed by atoms with Gasteiger partial charge in [-0.1, -0.05) is 39.4 Å². The summed E-state index contributed by atoms with van der Waals surface area (Å²) < 4.78 is 5.70. The number of methoxy groups -OCH3 is 1. The third kappa shape index (κ3) is 3.54. The summed E-state index contributed by atoms with van der Waals surface area (Å²) in [5.74, 6) is -0.359. The quantitative estimate of drug-likeness (QED) is 0.858. The van der Waals surface area contributed by atoms with Crippen LogP contribution < -0.4 is 5.32 Å². The van der Waals surface area contributed by atoms with Crippen molar-refractivity contribution in [2.45, 2.75) is 13.0 Å². The van der Waals surface area contributed by atoms with E-state index in [2.05, 4.69) is 31.0 Å². The fraction of sp³-hybridized carbons (Fsp3) is 0.231. The molecule has 1 atom stereocenters. The highest BCUT2D eigenvalue weighted by Crippen LogP contribution is 2.24. The number of carbonyl (C=O) groups excluding carboxylic acids is 1. The van der Waals surface area contributed by atoms with Gasteiger partial charge in [-0.2, -0.15) is 0 Å². The van der Waals surface area contributed by atoms with Crippen molar-refractivity contribution in [3.63, 3.8) is 0 Å². The topological polar surface area (TPSA) is 51.2 Å². The van der Waals surface area contributed by atoms with E-state index in [9.17, 15) is 4.79 Å². The molecule has 19 heavy (non-hydrogen) atoms. The minimum absolute atomic E-state index is 0.116. The number of aromatic nitrogens is 1. The lowest BCUT2D eigenvalue weighted by atomic mass is 10.1. The molecule has 4 nitrogen and oxygen atoms in total. The van der Waals surface area contributed by atoms with Gasteiger partial charge in [-0.05, 0) is 24.6 Å². The molecule has 0 fully saturated rings. The summed E-state index contributed by atoms with van der Waals surface area (Å²) in [6.07, 6.45) is 1.52. The number of carbonyl (C=O) groups is 1. The van der Waals surface area contributed by atoms with Crippen LogP contribution in [0.25, 0.3) is 0 Å². The van der Waals surface area contributed by atoms with Gasteiger partial charge in [0, 0.05) is 4.47 Å². The van der Waals surface area contributed by atoms with Crippen molar-refractivity contribution in [1.82, 2.24) is 4.98 Å². The Morgan fingerprint density at radius 3 is 2.74 bits per heavy atom. The van der Waals surface area contributed by atoms with Crippen LogP contribution in [0.2, 0.25) is 0 Å². The van der Waals surface area contributed by atoms with Crippen molar-refractivity contribution in [1.29, 1.82) is 0 Å². The largest absolute Gasteiger partial charge is 0.465 e. The normalized spacial score (nSPS) is 11.9. The molecule has 0 bridgehead atoms. The molecule has 0 saturated carbocycles. The fourth-order valence-electron chi connectivity index (χ4n) is 1.56. The number of nitrogens with zero attached hydrogens (tertiary/aromatic N) is 1. The van der Waals surface area contributed by atoms with Gasteiger partial charge in [0.25, 0.3) is 0 Å². The molecule has 1 aromatic carbocycles. The van der Waals surface area contributed by atoms with Crippen molar-refractivity contribution in [2.75, 3.05) is 12.4 Å². The summed E-state index contributed by atoms with van der Waals surface area (Å²) >= 11 is 4.69. The molecule has 2 rings (SSSR count). The molecule has 0 aliphatic carbocycles. The SMILES string of the molecule is COC(=O)c1cnc(NC(C)c2ccc(Br)cc2)s1. The van der Waals surface area contributed by atoms with Crippen LogP contribution in [0.1, 0.15) is 28.2 Å². The molecule has 6 heteroatoms. The maximum absolute atomic E-state index is 11.3. The van der Waals surface area contributed by atoms with Crippen LogP contribution >= 0.6 is 27.3 Å². The summed E-state index contributed by atoms with van der Waals surface area (Å²) in [5, 5.41) is 3.97. The van der Waals surface area contributed by atoms with Crippen molar-refractivity contribution < 1.29 is 9.53 Å². The molecular formula is C13H13BrN2O2S. The summed E-state index contributed by atoms with van der Waals surface area (Å²) in [7, 11) is 1.36. The number of benzene rings is 1. The van der Waals surface area contributed by atoms with Crippen LogP contribution in [-0.2, 0) is 4.74 Å². The molecular weight excluding hydrogens is 328 g/mol. The van der Waals surface area contributed by atoms with Crippen LogP contribution in [0.5, 0.6) is 0 Å². The average molecular weight is 341 g/mol. The lowest BCUT2D eigenvalue weighted by molar-refractivity contribution is 0.0606. The fourth-order valence-corrected chi connectivity index (χ4v) is 2.64. The van der Waals surface area contributed by atoms with Crippen molar-refractivity contribution in [3.05, 3.63) is 45.4 Å². The van der Waals surface area contributed by atoms with E-state index in [-0.39, 0.29) is 12.0 Å². The Hall–Kier alpha value is -1.40. The Kier molecular flexibility index (Phi) is 4.55. The van der Waals surface area contributed by atoms with Gasteiger partial charge in [0.2, 0.25) is 0 Å². The van der Waals surface area contributed by atoms with Gasteiger partial charge in [-0.3, -0.25) is 0 Å². The highest BCUT2D eigenvalue weighted by atomic mass is 79.9. The van der Waals surface area contributed by atoms with E-state index in [1.807, 2.05) is 31.2 Å². The van der Waals surface area contributed by atoms with E-state index < -0.39 is 0 Å². The Labute approximate surface area is 124 Å². The predicted octanol–water partition coefficient (Wildman–Crippen LogP) is 3.87. The summed E-state index contributed by atoms with van der Waals surface area (Å²) in [6, 6.07) is 8.18. The number of anilines is 1. The van der Waals surface area contributed by atoms with E-state index in [1.54, 1.807) is 0 Å². The van der Waals surface area contributed by atoms with Crippen molar-refractivity contribution in [3.8, 4) is 0 Å². The smallest absolute Gasteiger partial charge is 0.349 e. The lowest BCUT2D eigenvalue weighted by Crippen LogP contribution is -2.05. The molecule has 1 aromatic heterocycles. The molecule has 1 unspecified atom stereocenters.